The van der Waals surface area contributed by atoms with Gasteiger partial charge in [0.2, 0.25) is 0 Å². The number of aliphatic carboxylic acids is 1. The number of hydrogen-bond acceptors (Lipinski definition) is 5. The van der Waals surface area contributed by atoms with E-state index in [1.165, 1.54) is 0 Å². The fourth-order valence-electron chi connectivity index (χ4n) is 3.74. The van der Waals surface area contributed by atoms with Crippen molar-refractivity contribution >= 4 is 40.8 Å². The van der Waals surface area contributed by atoms with Crippen molar-refractivity contribution in [2.24, 2.45) is 5.92 Å². The van der Waals surface area contributed by atoms with Gasteiger partial charge >= 0.3 is 5.97 Å². The zero-order chi connectivity index (χ0) is 19.8. The van der Waals surface area contributed by atoms with Gasteiger partial charge in [-0.3, -0.25) is 4.79 Å². The Morgan fingerprint density at radius 3 is 2.75 bits per heavy atom. The summed E-state index contributed by atoms with van der Waals surface area (Å²) in [7, 11) is 0. The first-order valence-electron chi connectivity index (χ1n) is 9.16. The standard InChI is InChI=1S/C20H21ClN4O2S/c1-12-18(28-2)19(24-9-3-4-14(11-24)20(26)27)25-17(22-12)10-16(23-25)13-5-7-15(21)8-6-13/h5-8,10,14H,3-4,9,11H2,1-2H3,(H,26,27)/t14-/m1/s1. The zero-order valence-electron chi connectivity index (χ0n) is 15.7. The highest BCUT2D eigenvalue weighted by Gasteiger charge is 2.29. The molecule has 1 fully saturated rings. The summed E-state index contributed by atoms with van der Waals surface area (Å²) in [5, 5.41) is 15.0. The van der Waals surface area contributed by atoms with Crippen molar-refractivity contribution in [1.29, 1.82) is 0 Å². The number of fused-ring (bicyclic) bond motifs is 1. The van der Waals surface area contributed by atoms with E-state index in [4.69, 9.17) is 21.7 Å². The molecule has 3 aromatic rings. The van der Waals surface area contributed by atoms with E-state index >= 15 is 0 Å². The van der Waals surface area contributed by atoms with E-state index in [9.17, 15) is 9.90 Å². The van der Waals surface area contributed by atoms with Crippen LogP contribution in [0.25, 0.3) is 16.9 Å². The Morgan fingerprint density at radius 2 is 2.07 bits per heavy atom. The fourth-order valence-corrected chi connectivity index (χ4v) is 4.60. The summed E-state index contributed by atoms with van der Waals surface area (Å²) in [6.07, 6.45) is 3.57. The van der Waals surface area contributed by atoms with Crippen LogP contribution >= 0.6 is 23.4 Å². The molecule has 1 aromatic carbocycles. The van der Waals surface area contributed by atoms with Gasteiger partial charge < -0.3 is 10.0 Å². The molecule has 0 unspecified atom stereocenters. The maximum Gasteiger partial charge on any atom is 0.308 e. The number of thioether (sulfide) groups is 1. The molecule has 8 heteroatoms. The monoisotopic (exact) mass is 416 g/mol. The van der Waals surface area contributed by atoms with Crippen molar-refractivity contribution in [3.8, 4) is 11.3 Å². The maximum absolute atomic E-state index is 11.6. The van der Waals surface area contributed by atoms with Crippen molar-refractivity contribution in [1.82, 2.24) is 14.6 Å². The minimum absolute atomic E-state index is 0.363. The molecule has 6 nitrogen and oxygen atoms in total. The number of rotatable bonds is 4. The van der Waals surface area contributed by atoms with Gasteiger partial charge in [-0.25, -0.2) is 4.98 Å². The van der Waals surface area contributed by atoms with Crippen LogP contribution in [0.4, 0.5) is 5.82 Å². The predicted molar refractivity (Wildman–Crippen MR) is 113 cm³/mol. The van der Waals surface area contributed by atoms with Crippen LogP contribution in [0.3, 0.4) is 0 Å². The maximum atomic E-state index is 11.6. The minimum Gasteiger partial charge on any atom is -0.481 e. The predicted octanol–water partition coefficient (Wildman–Crippen LogP) is 4.38. The van der Waals surface area contributed by atoms with Gasteiger partial charge in [0.05, 0.1) is 22.2 Å². The van der Waals surface area contributed by atoms with E-state index in [-0.39, 0.29) is 5.92 Å². The van der Waals surface area contributed by atoms with E-state index < -0.39 is 5.97 Å². The number of aromatic nitrogens is 3. The second-order valence-corrected chi connectivity index (χ2v) is 8.24. The third-order valence-electron chi connectivity index (χ3n) is 5.12. The Labute approximate surface area is 172 Å². The topological polar surface area (TPSA) is 70.7 Å². The van der Waals surface area contributed by atoms with Crippen LogP contribution in [0.1, 0.15) is 18.5 Å². The lowest BCUT2D eigenvalue weighted by atomic mass is 9.98. The van der Waals surface area contributed by atoms with Gasteiger partial charge in [-0.2, -0.15) is 9.61 Å². The molecule has 1 N–H and O–H groups in total. The van der Waals surface area contributed by atoms with Crippen LogP contribution in [0.5, 0.6) is 0 Å². The third kappa shape index (κ3) is 3.44. The van der Waals surface area contributed by atoms with Gasteiger partial charge in [-0.15, -0.1) is 11.8 Å². The van der Waals surface area contributed by atoms with Crippen molar-refractivity contribution in [3.05, 3.63) is 41.0 Å². The summed E-state index contributed by atoms with van der Waals surface area (Å²) >= 11 is 7.63. The Kier molecular flexibility index (Phi) is 5.21. The second kappa shape index (κ2) is 7.64. The van der Waals surface area contributed by atoms with Crippen LogP contribution in [0.15, 0.2) is 35.2 Å². The molecule has 0 radical (unpaired) electrons. The molecule has 146 valence electrons. The first-order chi connectivity index (χ1) is 13.5. The van der Waals surface area contributed by atoms with Gasteiger partial charge in [-0.1, -0.05) is 23.7 Å². The lowest BCUT2D eigenvalue weighted by molar-refractivity contribution is -0.141. The molecule has 1 atom stereocenters. The smallest absolute Gasteiger partial charge is 0.308 e. The number of nitrogens with zero attached hydrogens (tertiary/aromatic N) is 4. The number of hydrogen-bond donors (Lipinski definition) is 1. The Balaban J connectivity index is 1.85. The van der Waals surface area contributed by atoms with E-state index in [2.05, 4.69) is 4.90 Å². The first-order valence-corrected chi connectivity index (χ1v) is 10.8. The Morgan fingerprint density at radius 1 is 1.32 bits per heavy atom. The number of anilines is 1. The molecule has 28 heavy (non-hydrogen) atoms. The van der Waals surface area contributed by atoms with Gasteiger partial charge in [0.25, 0.3) is 0 Å². The number of carboxylic acids is 1. The molecule has 1 aliphatic heterocycles. The van der Waals surface area contributed by atoms with E-state index in [0.29, 0.717) is 18.0 Å². The number of piperidine rings is 1. The summed E-state index contributed by atoms with van der Waals surface area (Å²) in [4.78, 5) is 19.5. The second-order valence-electron chi connectivity index (χ2n) is 6.98. The van der Waals surface area contributed by atoms with Crippen LogP contribution in [0, 0.1) is 12.8 Å². The Bertz CT molecular complexity index is 1030. The highest BCUT2D eigenvalue weighted by molar-refractivity contribution is 7.98. The van der Waals surface area contributed by atoms with Crippen LogP contribution in [0.2, 0.25) is 5.02 Å². The molecule has 4 rings (SSSR count). The van der Waals surface area contributed by atoms with Gasteiger partial charge in [0.1, 0.15) is 5.82 Å². The van der Waals surface area contributed by atoms with Gasteiger partial charge in [0, 0.05) is 29.7 Å². The molecule has 2 aromatic heterocycles. The fraction of sp³-hybridized carbons (Fsp3) is 0.350. The first kappa shape index (κ1) is 19.1. The molecular weight excluding hydrogens is 396 g/mol. The summed E-state index contributed by atoms with van der Waals surface area (Å²) < 4.78 is 1.85. The highest BCUT2D eigenvalue weighted by atomic mass is 35.5. The van der Waals surface area contributed by atoms with Gasteiger partial charge in [0.15, 0.2) is 5.65 Å². The number of aryl methyl sites for hydroxylation is 1. The van der Waals surface area contributed by atoms with Crippen molar-refractivity contribution in [3.63, 3.8) is 0 Å². The number of carbonyl (C=O) groups is 1. The number of benzene rings is 1. The molecule has 1 aliphatic rings. The lowest BCUT2D eigenvalue weighted by Gasteiger charge is -2.33. The van der Waals surface area contributed by atoms with Crippen LogP contribution < -0.4 is 4.90 Å². The number of carboxylic acid groups (broad SMARTS) is 1. The largest absolute Gasteiger partial charge is 0.481 e. The summed E-state index contributed by atoms with van der Waals surface area (Å²) in [6, 6.07) is 9.52. The van der Waals surface area contributed by atoms with Crippen molar-refractivity contribution < 1.29 is 9.90 Å². The van der Waals surface area contributed by atoms with Crippen LogP contribution in [-0.2, 0) is 4.79 Å². The summed E-state index contributed by atoms with van der Waals surface area (Å²) in [5.74, 6) is -0.167. The molecule has 0 bridgehead atoms. The molecule has 0 amide bonds. The molecule has 0 aliphatic carbocycles. The normalized spacial score (nSPS) is 17.2. The molecule has 0 saturated carbocycles. The van der Waals surface area contributed by atoms with E-state index in [0.717, 1.165) is 46.3 Å². The Hall–Kier alpha value is -2.25. The average Bonchev–Trinajstić information content (AvgIpc) is 3.10. The molecular formula is C20H21ClN4O2S. The molecule has 3 heterocycles. The highest BCUT2D eigenvalue weighted by Crippen LogP contribution is 2.35. The SMILES string of the molecule is CSc1c(C)nc2cc(-c3ccc(Cl)cc3)nn2c1N1CCC[C@@H](C(=O)O)C1. The third-order valence-corrected chi connectivity index (χ3v) is 6.26. The quantitative estimate of drug-likeness (QED) is 0.636. The summed E-state index contributed by atoms with van der Waals surface area (Å²) in [5.41, 5.74) is 3.46. The van der Waals surface area contributed by atoms with Crippen molar-refractivity contribution in [2.45, 2.75) is 24.7 Å². The molecule has 0 spiro atoms. The lowest BCUT2D eigenvalue weighted by Crippen LogP contribution is -2.40. The van der Waals surface area contributed by atoms with Crippen LogP contribution in [-0.4, -0.2) is 45.0 Å². The zero-order valence-corrected chi connectivity index (χ0v) is 17.3. The minimum atomic E-state index is -0.736. The van der Waals surface area contributed by atoms with E-state index in [1.807, 2.05) is 48.0 Å². The summed E-state index contributed by atoms with van der Waals surface area (Å²) in [6.45, 7) is 3.28. The molecule has 1 saturated heterocycles. The number of halogens is 1. The average molecular weight is 417 g/mol. The van der Waals surface area contributed by atoms with E-state index in [1.54, 1.807) is 11.8 Å². The van der Waals surface area contributed by atoms with Gasteiger partial charge in [-0.05, 0) is 38.2 Å². The van der Waals surface area contributed by atoms with Crippen molar-refractivity contribution in [2.75, 3.05) is 24.2 Å².